The molecule has 1 atom stereocenters. The Morgan fingerprint density at radius 2 is 1.89 bits per heavy atom. The van der Waals surface area contributed by atoms with Crippen LogP contribution in [0.25, 0.3) is 6.08 Å². The van der Waals surface area contributed by atoms with Crippen LogP contribution in [0.15, 0.2) is 54.6 Å². The molecule has 0 unspecified atom stereocenters. The van der Waals surface area contributed by atoms with Gasteiger partial charge >= 0.3 is 0 Å². The molecule has 0 spiro atoms. The molecule has 1 N–H and O–H groups in total. The summed E-state index contributed by atoms with van der Waals surface area (Å²) < 4.78 is 0. The summed E-state index contributed by atoms with van der Waals surface area (Å²) >= 11 is 7.44. The van der Waals surface area contributed by atoms with E-state index >= 15 is 0 Å². The SMILES string of the molecule is CSCC[C@H](NC(=O)c1ccc(Cl)c([N+](=O)[O-])c1)C(=O)N1CCN(C/C=C/c2ccccc2)CC1. The van der Waals surface area contributed by atoms with Gasteiger partial charge < -0.3 is 10.2 Å². The van der Waals surface area contributed by atoms with Crippen LogP contribution in [0.5, 0.6) is 0 Å². The first-order chi connectivity index (χ1) is 16.9. The highest BCUT2D eigenvalue weighted by molar-refractivity contribution is 7.98. The van der Waals surface area contributed by atoms with E-state index in [1.54, 1.807) is 16.7 Å². The Morgan fingerprint density at radius 1 is 1.17 bits per heavy atom. The summed E-state index contributed by atoms with van der Waals surface area (Å²) in [5.41, 5.74) is 0.904. The minimum atomic E-state index is -0.700. The molecule has 1 aliphatic heterocycles. The van der Waals surface area contributed by atoms with Crippen molar-refractivity contribution in [2.75, 3.05) is 44.7 Å². The van der Waals surface area contributed by atoms with Crippen LogP contribution in [0.2, 0.25) is 5.02 Å². The molecule has 2 aromatic rings. The lowest BCUT2D eigenvalue weighted by atomic mass is 10.1. The van der Waals surface area contributed by atoms with Crippen LogP contribution < -0.4 is 5.32 Å². The first-order valence-corrected chi connectivity index (χ1v) is 13.1. The fourth-order valence-corrected chi connectivity index (χ4v) is 4.46. The van der Waals surface area contributed by atoms with Crippen molar-refractivity contribution in [1.29, 1.82) is 0 Å². The second-order valence-corrected chi connectivity index (χ2v) is 9.56. The number of hydrogen-bond acceptors (Lipinski definition) is 6. The second-order valence-electron chi connectivity index (χ2n) is 8.17. The van der Waals surface area contributed by atoms with Gasteiger partial charge in [-0.3, -0.25) is 24.6 Å². The number of halogens is 1. The van der Waals surface area contributed by atoms with Gasteiger partial charge in [-0.2, -0.15) is 11.8 Å². The molecule has 35 heavy (non-hydrogen) atoms. The van der Waals surface area contributed by atoms with Gasteiger partial charge in [0, 0.05) is 44.4 Å². The van der Waals surface area contributed by atoms with Gasteiger partial charge in [-0.05, 0) is 36.1 Å². The topological polar surface area (TPSA) is 95.8 Å². The number of amides is 2. The Hall–Kier alpha value is -2.88. The Kier molecular flexibility index (Phi) is 10.1. The van der Waals surface area contributed by atoms with Crippen molar-refractivity contribution in [2.45, 2.75) is 12.5 Å². The van der Waals surface area contributed by atoms with Crippen molar-refractivity contribution in [3.05, 3.63) is 80.9 Å². The van der Waals surface area contributed by atoms with E-state index in [1.165, 1.54) is 12.1 Å². The normalized spacial score (nSPS) is 15.2. The number of rotatable bonds is 10. The average molecular weight is 517 g/mol. The van der Waals surface area contributed by atoms with Gasteiger partial charge in [0.25, 0.3) is 11.6 Å². The molecule has 3 rings (SSSR count). The van der Waals surface area contributed by atoms with E-state index in [1.807, 2.05) is 24.5 Å². The maximum absolute atomic E-state index is 13.2. The van der Waals surface area contributed by atoms with E-state index in [0.29, 0.717) is 25.3 Å². The van der Waals surface area contributed by atoms with Crippen molar-refractivity contribution in [1.82, 2.24) is 15.1 Å². The van der Waals surface area contributed by atoms with Gasteiger partial charge in [-0.25, -0.2) is 0 Å². The zero-order valence-electron chi connectivity index (χ0n) is 19.6. The third-order valence-electron chi connectivity index (χ3n) is 5.78. The van der Waals surface area contributed by atoms with Crippen molar-refractivity contribution >= 4 is 46.9 Å². The molecule has 0 radical (unpaired) electrons. The summed E-state index contributed by atoms with van der Waals surface area (Å²) in [6, 6.07) is 13.3. The summed E-state index contributed by atoms with van der Waals surface area (Å²) in [6.45, 7) is 3.46. The highest BCUT2D eigenvalue weighted by Gasteiger charge is 2.29. The molecule has 0 aliphatic carbocycles. The van der Waals surface area contributed by atoms with E-state index in [0.717, 1.165) is 31.3 Å². The lowest BCUT2D eigenvalue weighted by Crippen LogP contribution is -2.55. The molecule has 1 aliphatic rings. The smallest absolute Gasteiger partial charge is 0.288 e. The van der Waals surface area contributed by atoms with E-state index < -0.39 is 16.9 Å². The largest absolute Gasteiger partial charge is 0.340 e. The highest BCUT2D eigenvalue weighted by atomic mass is 35.5. The molecule has 1 saturated heterocycles. The number of piperazine rings is 1. The first-order valence-electron chi connectivity index (χ1n) is 11.4. The second kappa shape index (κ2) is 13.3. The molecule has 0 bridgehead atoms. The maximum Gasteiger partial charge on any atom is 0.288 e. The van der Waals surface area contributed by atoms with Crippen LogP contribution in [0.3, 0.4) is 0 Å². The molecule has 1 heterocycles. The number of carbonyl (C=O) groups is 2. The van der Waals surface area contributed by atoms with Crippen LogP contribution in [0.1, 0.15) is 22.3 Å². The molecule has 2 aromatic carbocycles. The zero-order chi connectivity index (χ0) is 25.2. The summed E-state index contributed by atoms with van der Waals surface area (Å²) in [5, 5.41) is 13.9. The Balaban J connectivity index is 1.57. The molecule has 0 saturated carbocycles. The van der Waals surface area contributed by atoms with Crippen molar-refractivity contribution in [3.8, 4) is 0 Å². The minimum Gasteiger partial charge on any atom is -0.340 e. The number of nitro benzene ring substituents is 1. The van der Waals surface area contributed by atoms with Crippen molar-refractivity contribution in [3.63, 3.8) is 0 Å². The van der Waals surface area contributed by atoms with Crippen molar-refractivity contribution in [2.24, 2.45) is 0 Å². The maximum atomic E-state index is 13.2. The number of carbonyl (C=O) groups excluding carboxylic acids is 2. The van der Waals surface area contributed by atoms with E-state index in [-0.39, 0.29) is 22.2 Å². The fraction of sp³-hybridized carbons (Fsp3) is 0.360. The van der Waals surface area contributed by atoms with Crippen LogP contribution in [0.4, 0.5) is 5.69 Å². The van der Waals surface area contributed by atoms with Gasteiger partial charge in [0.2, 0.25) is 5.91 Å². The Labute approximate surface area is 214 Å². The number of thioether (sulfide) groups is 1. The minimum absolute atomic E-state index is 0.0435. The van der Waals surface area contributed by atoms with Gasteiger partial charge in [-0.15, -0.1) is 0 Å². The summed E-state index contributed by atoms with van der Waals surface area (Å²) in [6.07, 6.45) is 6.63. The monoisotopic (exact) mass is 516 g/mol. The third-order valence-corrected chi connectivity index (χ3v) is 6.74. The van der Waals surface area contributed by atoms with Crippen LogP contribution in [0, 0.1) is 10.1 Å². The van der Waals surface area contributed by atoms with E-state index in [2.05, 4.69) is 34.5 Å². The molecule has 2 amide bonds. The number of nitrogens with zero attached hydrogens (tertiary/aromatic N) is 3. The Morgan fingerprint density at radius 3 is 2.54 bits per heavy atom. The molecule has 10 heteroatoms. The third kappa shape index (κ3) is 7.81. The first kappa shape index (κ1) is 26.7. The number of benzene rings is 2. The summed E-state index contributed by atoms with van der Waals surface area (Å²) in [4.78, 5) is 40.6. The highest BCUT2D eigenvalue weighted by Crippen LogP contribution is 2.25. The van der Waals surface area contributed by atoms with Crippen LogP contribution >= 0.6 is 23.4 Å². The average Bonchev–Trinajstić information content (AvgIpc) is 2.87. The van der Waals surface area contributed by atoms with E-state index in [4.69, 9.17) is 11.6 Å². The standard InChI is InChI=1S/C25H29ClN4O4S/c1-35-17-11-22(27-24(31)20-9-10-21(26)23(18-20)30(33)34)25(32)29-15-13-28(14-16-29)12-5-8-19-6-3-2-4-7-19/h2-10,18,22H,11-17H2,1H3,(H,27,31)/b8-5+/t22-/m0/s1. The number of hydrogen-bond donors (Lipinski definition) is 1. The molecule has 186 valence electrons. The van der Waals surface area contributed by atoms with Gasteiger partial charge in [0.05, 0.1) is 4.92 Å². The molecular formula is C25H29ClN4O4S. The summed E-state index contributed by atoms with van der Waals surface area (Å²) in [5.74, 6) is 0.0334. The van der Waals surface area contributed by atoms with Crippen LogP contribution in [-0.4, -0.2) is 77.3 Å². The quantitative estimate of drug-likeness (QED) is 0.379. The predicted molar refractivity (Wildman–Crippen MR) is 141 cm³/mol. The zero-order valence-corrected chi connectivity index (χ0v) is 21.1. The number of nitro groups is 1. The lowest BCUT2D eigenvalue weighted by Gasteiger charge is -2.36. The fourth-order valence-electron chi connectivity index (χ4n) is 3.80. The molecular weight excluding hydrogens is 488 g/mol. The molecule has 0 aromatic heterocycles. The van der Waals surface area contributed by atoms with Crippen LogP contribution in [-0.2, 0) is 4.79 Å². The molecule has 1 fully saturated rings. The molecule has 8 nitrogen and oxygen atoms in total. The summed E-state index contributed by atoms with van der Waals surface area (Å²) in [7, 11) is 0. The van der Waals surface area contributed by atoms with Gasteiger partial charge in [0.15, 0.2) is 0 Å². The van der Waals surface area contributed by atoms with Gasteiger partial charge in [0.1, 0.15) is 11.1 Å². The predicted octanol–water partition coefficient (Wildman–Crippen LogP) is 3.96. The van der Waals surface area contributed by atoms with Crippen molar-refractivity contribution < 1.29 is 14.5 Å². The van der Waals surface area contributed by atoms with Gasteiger partial charge in [-0.1, -0.05) is 54.1 Å². The Bertz CT molecular complexity index is 1060. The number of nitrogens with one attached hydrogen (secondary N) is 1. The van der Waals surface area contributed by atoms with E-state index in [9.17, 15) is 19.7 Å². The lowest BCUT2D eigenvalue weighted by molar-refractivity contribution is -0.384.